The van der Waals surface area contributed by atoms with Crippen molar-refractivity contribution in [2.75, 3.05) is 0 Å². The molecule has 234 valence electrons. The highest BCUT2D eigenvalue weighted by molar-refractivity contribution is 5.69. The smallest absolute Gasteiger partial charge is 0.306 e. The molecule has 0 bridgehead atoms. The van der Waals surface area contributed by atoms with Crippen LogP contribution in [-0.4, -0.2) is 23.1 Å². The number of carboxylic acids is 1. The summed E-state index contributed by atoms with van der Waals surface area (Å²) < 4.78 is 5.86. The quantitative estimate of drug-likeness (QED) is 0.0518. The molecule has 0 aliphatic carbocycles. The standard InChI is InChI=1S/C36H66O4/c1-3-5-7-9-11-13-15-16-17-18-19-21-23-25-27-33-36(39)40-34(31-28-29-32-35(37)38)30-26-24-22-20-14-12-10-8-6-4-2/h11,13,16-17,34H,3-10,12,14-15,18-33H2,1-2H3,(H,37,38)/b13-11-,17-16-. The zero-order valence-electron chi connectivity index (χ0n) is 26.7. The molecular formula is C36H66O4. The van der Waals surface area contributed by atoms with Crippen molar-refractivity contribution in [1.82, 2.24) is 0 Å². The van der Waals surface area contributed by atoms with Crippen molar-refractivity contribution in [2.45, 2.75) is 193 Å². The van der Waals surface area contributed by atoms with Crippen molar-refractivity contribution in [3.05, 3.63) is 24.3 Å². The molecule has 0 aromatic carbocycles. The average Bonchev–Trinajstić information content (AvgIpc) is 2.93. The van der Waals surface area contributed by atoms with E-state index < -0.39 is 5.97 Å². The van der Waals surface area contributed by atoms with Gasteiger partial charge in [0.15, 0.2) is 0 Å². The number of aliphatic carboxylic acids is 1. The molecule has 4 heteroatoms. The number of rotatable bonds is 31. The largest absolute Gasteiger partial charge is 0.481 e. The second-order valence-electron chi connectivity index (χ2n) is 11.7. The Morgan fingerprint density at radius 2 is 0.975 bits per heavy atom. The van der Waals surface area contributed by atoms with Gasteiger partial charge in [-0.2, -0.15) is 0 Å². The zero-order valence-corrected chi connectivity index (χ0v) is 26.7. The van der Waals surface area contributed by atoms with E-state index >= 15 is 0 Å². The van der Waals surface area contributed by atoms with Crippen molar-refractivity contribution < 1.29 is 19.4 Å². The minimum Gasteiger partial charge on any atom is -0.481 e. The monoisotopic (exact) mass is 562 g/mol. The number of unbranched alkanes of at least 4 members (excludes halogenated alkanes) is 18. The summed E-state index contributed by atoms with van der Waals surface area (Å²) in [4.78, 5) is 23.3. The van der Waals surface area contributed by atoms with Gasteiger partial charge in [-0.25, -0.2) is 0 Å². The molecule has 0 radical (unpaired) electrons. The van der Waals surface area contributed by atoms with Crippen LogP contribution in [0.4, 0.5) is 0 Å². The number of carboxylic acid groups (broad SMARTS) is 1. The number of esters is 1. The molecule has 0 amide bonds. The van der Waals surface area contributed by atoms with E-state index in [9.17, 15) is 9.59 Å². The summed E-state index contributed by atoms with van der Waals surface area (Å²) in [6, 6.07) is 0. The maximum absolute atomic E-state index is 12.5. The molecular weight excluding hydrogens is 496 g/mol. The van der Waals surface area contributed by atoms with E-state index in [1.165, 1.54) is 103 Å². The Labute approximate surface area is 248 Å². The molecule has 0 heterocycles. The highest BCUT2D eigenvalue weighted by Crippen LogP contribution is 2.18. The number of hydrogen-bond donors (Lipinski definition) is 1. The first kappa shape index (κ1) is 38.4. The number of allylic oxidation sites excluding steroid dienone is 4. The molecule has 0 rings (SSSR count). The van der Waals surface area contributed by atoms with Crippen LogP contribution in [0.5, 0.6) is 0 Å². The molecule has 0 aromatic rings. The van der Waals surface area contributed by atoms with Crippen molar-refractivity contribution in [3.63, 3.8) is 0 Å². The molecule has 1 N–H and O–H groups in total. The van der Waals surface area contributed by atoms with Gasteiger partial charge in [0.25, 0.3) is 0 Å². The number of carbonyl (C=O) groups is 2. The van der Waals surface area contributed by atoms with Gasteiger partial charge in [-0.15, -0.1) is 0 Å². The van der Waals surface area contributed by atoms with Gasteiger partial charge >= 0.3 is 11.9 Å². The molecule has 4 nitrogen and oxygen atoms in total. The summed E-state index contributed by atoms with van der Waals surface area (Å²) in [6.45, 7) is 4.50. The van der Waals surface area contributed by atoms with E-state index in [1.54, 1.807) is 0 Å². The van der Waals surface area contributed by atoms with Gasteiger partial charge in [0, 0.05) is 12.8 Å². The molecule has 0 saturated heterocycles. The predicted octanol–water partition coefficient (Wildman–Crippen LogP) is 11.7. The lowest BCUT2D eigenvalue weighted by Crippen LogP contribution is -2.18. The van der Waals surface area contributed by atoms with E-state index in [4.69, 9.17) is 9.84 Å². The van der Waals surface area contributed by atoms with Crippen LogP contribution in [0, 0.1) is 0 Å². The van der Waals surface area contributed by atoms with E-state index in [-0.39, 0.29) is 18.5 Å². The number of carbonyl (C=O) groups excluding carboxylic acids is 1. The normalized spacial score (nSPS) is 12.4. The van der Waals surface area contributed by atoms with Crippen LogP contribution < -0.4 is 0 Å². The first-order chi connectivity index (χ1) is 19.6. The Kier molecular flexibility index (Phi) is 30.7. The minimum atomic E-state index is -0.746. The molecule has 0 aromatic heterocycles. The molecule has 0 fully saturated rings. The second-order valence-corrected chi connectivity index (χ2v) is 11.7. The van der Waals surface area contributed by atoms with E-state index in [0.717, 1.165) is 51.4 Å². The molecule has 40 heavy (non-hydrogen) atoms. The Hall–Kier alpha value is -1.58. The maximum Gasteiger partial charge on any atom is 0.306 e. The van der Waals surface area contributed by atoms with Crippen LogP contribution in [0.25, 0.3) is 0 Å². The van der Waals surface area contributed by atoms with E-state index in [0.29, 0.717) is 12.8 Å². The second kappa shape index (κ2) is 31.9. The van der Waals surface area contributed by atoms with Crippen LogP contribution in [0.2, 0.25) is 0 Å². The van der Waals surface area contributed by atoms with E-state index in [2.05, 4.69) is 38.2 Å². The number of ether oxygens (including phenoxy) is 1. The van der Waals surface area contributed by atoms with Crippen LogP contribution in [-0.2, 0) is 14.3 Å². The highest BCUT2D eigenvalue weighted by atomic mass is 16.5. The summed E-state index contributed by atoms with van der Waals surface area (Å²) in [5, 5.41) is 8.90. The fourth-order valence-electron chi connectivity index (χ4n) is 5.10. The van der Waals surface area contributed by atoms with Gasteiger partial charge in [-0.1, -0.05) is 128 Å². The highest BCUT2D eigenvalue weighted by Gasteiger charge is 2.14. The van der Waals surface area contributed by atoms with Crippen LogP contribution in [0.15, 0.2) is 24.3 Å². The van der Waals surface area contributed by atoms with Crippen LogP contribution in [0.1, 0.15) is 187 Å². The lowest BCUT2D eigenvalue weighted by Gasteiger charge is -2.18. The number of hydrogen-bond acceptors (Lipinski definition) is 3. The fourth-order valence-corrected chi connectivity index (χ4v) is 5.10. The Morgan fingerprint density at radius 1 is 0.550 bits per heavy atom. The average molecular weight is 563 g/mol. The fraction of sp³-hybridized carbons (Fsp3) is 0.833. The lowest BCUT2D eigenvalue weighted by molar-refractivity contribution is -0.150. The molecule has 1 unspecified atom stereocenters. The third kappa shape index (κ3) is 31.0. The summed E-state index contributed by atoms with van der Waals surface area (Å²) in [5.41, 5.74) is 0. The Bertz CT molecular complexity index is 610. The van der Waals surface area contributed by atoms with Gasteiger partial charge < -0.3 is 9.84 Å². The molecule has 1 atom stereocenters. The summed E-state index contributed by atoms with van der Waals surface area (Å²) in [6.07, 6.45) is 38.9. The maximum atomic E-state index is 12.5. The lowest BCUT2D eigenvalue weighted by atomic mass is 10.0. The minimum absolute atomic E-state index is 0.0479. The Morgan fingerprint density at radius 3 is 1.55 bits per heavy atom. The van der Waals surface area contributed by atoms with E-state index in [1.807, 2.05) is 0 Å². The van der Waals surface area contributed by atoms with Gasteiger partial charge in [0.1, 0.15) is 6.10 Å². The molecule has 0 aliphatic rings. The van der Waals surface area contributed by atoms with Gasteiger partial charge in [0.2, 0.25) is 0 Å². The summed E-state index contributed by atoms with van der Waals surface area (Å²) in [7, 11) is 0. The SMILES string of the molecule is CCCCC/C=C\C/C=C\CCCCCCCC(=O)OC(CCCCCCCCCCCC)CCCCC(=O)O. The molecule has 0 saturated carbocycles. The van der Waals surface area contributed by atoms with Gasteiger partial charge in [-0.3, -0.25) is 9.59 Å². The van der Waals surface area contributed by atoms with Crippen LogP contribution >= 0.6 is 0 Å². The summed E-state index contributed by atoms with van der Waals surface area (Å²) in [5.74, 6) is -0.814. The molecule has 0 aliphatic heterocycles. The summed E-state index contributed by atoms with van der Waals surface area (Å²) >= 11 is 0. The first-order valence-electron chi connectivity index (χ1n) is 17.3. The van der Waals surface area contributed by atoms with Gasteiger partial charge in [0.05, 0.1) is 0 Å². The first-order valence-corrected chi connectivity index (χ1v) is 17.3. The third-order valence-electron chi connectivity index (χ3n) is 7.68. The van der Waals surface area contributed by atoms with Crippen LogP contribution in [0.3, 0.4) is 0 Å². The predicted molar refractivity (Wildman–Crippen MR) is 172 cm³/mol. The van der Waals surface area contributed by atoms with Crippen molar-refractivity contribution in [3.8, 4) is 0 Å². The topological polar surface area (TPSA) is 63.6 Å². The zero-order chi connectivity index (χ0) is 29.4. The Balaban J connectivity index is 3.93. The van der Waals surface area contributed by atoms with Crippen molar-refractivity contribution >= 4 is 11.9 Å². The van der Waals surface area contributed by atoms with Crippen molar-refractivity contribution in [1.29, 1.82) is 0 Å². The van der Waals surface area contributed by atoms with Gasteiger partial charge in [-0.05, 0) is 70.6 Å². The third-order valence-corrected chi connectivity index (χ3v) is 7.68. The molecule has 0 spiro atoms. The van der Waals surface area contributed by atoms with Crippen molar-refractivity contribution in [2.24, 2.45) is 0 Å².